The van der Waals surface area contributed by atoms with Crippen molar-refractivity contribution < 1.29 is 34.0 Å². The van der Waals surface area contributed by atoms with Gasteiger partial charge >= 0.3 is 5.97 Å². The van der Waals surface area contributed by atoms with E-state index in [0.29, 0.717) is 11.1 Å². The molecule has 0 fully saturated rings. The van der Waals surface area contributed by atoms with Crippen LogP contribution in [0.3, 0.4) is 0 Å². The molecular weight excluding hydrogens is 340 g/mol. The molecular formula is C19H20O7. The fraction of sp³-hybridized carbons (Fsp3) is 0.368. The van der Waals surface area contributed by atoms with Crippen molar-refractivity contribution in [2.24, 2.45) is 0 Å². The number of allylic oxidation sites excluding steroid dienone is 1. The van der Waals surface area contributed by atoms with Gasteiger partial charge in [0.05, 0.1) is 13.2 Å². The Balaban J connectivity index is 2.03. The van der Waals surface area contributed by atoms with Gasteiger partial charge in [-0.3, -0.25) is 9.59 Å². The number of benzene rings is 1. The first-order valence-electron chi connectivity index (χ1n) is 8.30. The van der Waals surface area contributed by atoms with E-state index in [1.54, 1.807) is 19.1 Å². The molecule has 0 spiro atoms. The number of ketones is 1. The van der Waals surface area contributed by atoms with Crippen molar-refractivity contribution >= 4 is 11.8 Å². The van der Waals surface area contributed by atoms with Crippen LogP contribution < -0.4 is 4.74 Å². The van der Waals surface area contributed by atoms with E-state index in [0.717, 1.165) is 0 Å². The topological polar surface area (TPSA) is 102 Å². The number of hydrogen-bond acceptors (Lipinski definition) is 7. The number of phenols is 1. The largest absolute Gasteiger partial charge is 0.508 e. The van der Waals surface area contributed by atoms with Crippen LogP contribution in [0.2, 0.25) is 0 Å². The zero-order valence-electron chi connectivity index (χ0n) is 14.5. The molecule has 2 unspecified atom stereocenters. The maximum Gasteiger partial charge on any atom is 0.306 e. The molecule has 7 nitrogen and oxygen atoms in total. The van der Waals surface area contributed by atoms with Crippen LogP contribution >= 0.6 is 0 Å². The molecule has 2 aliphatic rings. The second-order valence-corrected chi connectivity index (χ2v) is 6.08. The zero-order valence-corrected chi connectivity index (χ0v) is 14.5. The molecule has 1 aliphatic heterocycles. The highest BCUT2D eigenvalue weighted by atomic mass is 16.6. The highest BCUT2D eigenvalue weighted by Gasteiger charge is 2.42. The van der Waals surface area contributed by atoms with Crippen molar-refractivity contribution in [3.63, 3.8) is 0 Å². The summed E-state index contributed by atoms with van der Waals surface area (Å²) in [4.78, 5) is 23.5. The Kier molecular flexibility index (Phi) is 4.99. The number of aromatic hydroxyl groups is 1. The summed E-state index contributed by atoms with van der Waals surface area (Å²) in [6.07, 6.45) is 0.498. The zero-order chi connectivity index (χ0) is 18.8. The van der Waals surface area contributed by atoms with Gasteiger partial charge in [0.1, 0.15) is 11.9 Å². The van der Waals surface area contributed by atoms with E-state index in [1.165, 1.54) is 25.3 Å². The molecule has 0 radical (unpaired) electrons. The van der Waals surface area contributed by atoms with Crippen molar-refractivity contribution in [3.05, 3.63) is 47.2 Å². The fourth-order valence-corrected chi connectivity index (χ4v) is 3.06. The summed E-state index contributed by atoms with van der Waals surface area (Å²) in [7, 11) is 1.43. The molecule has 2 N–H and O–H groups in total. The molecule has 7 heteroatoms. The third-order valence-electron chi connectivity index (χ3n) is 4.41. The minimum absolute atomic E-state index is 0.0863. The maximum absolute atomic E-state index is 11.8. The van der Waals surface area contributed by atoms with Gasteiger partial charge in [-0.2, -0.15) is 0 Å². The highest BCUT2D eigenvalue weighted by Crippen LogP contribution is 2.41. The third kappa shape index (κ3) is 3.30. The van der Waals surface area contributed by atoms with Crippen molar-refractivity contribution in [2.45, 2.75) is 38.1 Å². The molecule has 0 saturated carbocycles. The van der Waals surface area contributed by atoms with Crippen LogP contribution in [0.5, 0.6) is 11.5 Å². The van der Waals surface area contributed by atoms with Crippen LogP contribution in [0.15, 0.2) is 41.7 Å². The molecule has 3 atom stereocenters. The Morgan fingerprint density at radius 1 is 1.31 bits per heavy atom. The van der Waals surface area contributed by atoms with E-state index in [1.807, 2.05) is 0 Å². The van der Waals surface area contributed by atoms with Crippen LogP contribution in [-0.2, 0) is 19.1 Å². The van der Waals surface area contributed by atoms with E-state index >= 15 is 0 Å². The number of methoxy groups -OCH3 is 1. The smallest absolute Gasteiger partial charge is 0.306 e. The number of fused-ring (bicyclic) bond motifs is 1. The van der Waals surface area contributed by atoms with Crippen molar-refractivity contribution in [3.8, 4) is 11.5 Å². The molecule has 138 valence electrons. The molecule has 1 heterocycles. The number of rotatable bonds is 4. The average Bonchev–Trinajstić information content (AvgIpc) is 2.63. The number of hydrogen-bond donors (Lipinski definition) is 2. The van der Waals surface area contributed by atoms with Crippen LogP contribution in [0, 0.1) is 0 Å². The Morgan fingerprint density at radius 2 is 2.08 bits per heavy atom. The van der Waals surface area contributed by atoms with Crippen LogP contribution in [0.4, 0.5) is 0 Å². The van der Waals surface area contributed by atoms with E-state index in [4.69, 9.17) is 14.2 Å². The van der Waals surface area contributed by atoms with Crippen LogP contribution in [-0.4, -0.2) is 41.3 Å². The lowest BCUT2D eigenvalue weighted by molar-refractivity contribution is -0.164. The van der Waals surface area contributed by atoms with Gasteiger partial charge in [-0.25, -0.2) is 0 Å². The molecule has 26 heavy (non-hydrogen) atoms. The second-order valence-electron chi connectivity index (χ2n) is 6.08. The van der Waals surface area contributed by atoms with Gasteiger partial charge in [-0.15, -0.1) is 0 Å². The summed E-state index contributed by atoms with van der Waals surface area (Å²) < 4.78 is 16.4. The van der Waals surface area contributed by atoms with Crippen LogP contribution in [0.1, 0.15) is 31.4 Å². The highest BCUT2D eigenvalue weighted by molar-refractivity contribution is 5.92. The van der Waals surface area contributed by atoms with E-state index in [-0.39, 0.29) is 35.9 Å². The number of carbonyl (C=O) groups is 2. The van der Waals surface area contributed by atoms with Crippen molar-refractivity contribution in [1.82, 2.24) is 0 Å². The quantitative estimate of drug-likeness (QED) is 0.795. The van der Waals surface area contributed by atoms with E-state index < -0.39 is 24.3 Å². The minimum atomic E-state index is -1.07. The van der Waals surface area contributed by atoms with Crippen molar-refractivity contribution in [2.75, 3.05) is 7.11 Å². The molecule has 0 bridgehead atoms. The predicted molar refractivity (Wildman–Crippen MR) is 90.9 cm³/mol. The lowest BCUT2D eigenvalue weighted by Crippen LogP contribution is -2.40. The molecule has 1 aliphatic carbocycles. The van der Waals surface area contributed by atoms with E-state index in [2.05, 4.69) is 0 Å². The molecule has 0 saturated heterocycles. The number of aliphatic hydroxyl groups is 1. The fourth-order valence-electron chi connectivity index (χ4n) is 3.06. The van der Waals surface area contributed by atoms with Crippen molar-refractivity contribution in [1.29, 1.82) is 0 Å². The summed E-state index contributed by atoms with van der Waals surface area (Å²) in [5.74, 6) is -0.590. The van der Waals surface area contributed by atoms with Gasteiger partial charge in [0.25, 0.3) is 0 Å². The molecule has 1 aromatic rings. The number of ether oxygens (including phenoxy) is 3. The standard InChI is InChI=1S/C19H20O7/c1-3-16(22)26-19-17(23)12-6-5-11(20)9-15(12)25-18(19)10-4-7-14(24-2)13(21)8-10/h4-8,15,18-19,21,23H,3,9H2,1-2H3/t15?,18-,19?/m1/s1. The third-order valence-corrected chi connectivity index (χ3v) is 4.41. The van der Waals surface area contributed by atoms with Gasteiger partial charge in [0, 0.05) is 18.4 Å². The SMILES string of the molecule is CCC(=O)OC1C(O)=C2C=CC(=O)CC2O[C@@H]1c1ccc(OC)c(O)c1. The normalized spacial score (nSPS) is 25.0. The first-order valence-corrected chi connectivity index (χ1v) is 8.30. The Labute approximate surface area is 150 Å². The average molecular weight is 360 g/mol. The number of aliphatic hydroxyl groups excluding tert-OH is 1. The van der Waals surface area contributed by atoms with Gasteiger partial charge in [0.15, 0.2) is 23.4 Å². The number of esters is 1. The number of phenolic OH excluding ortho intramolecular Hbond substituents is 1. The van der Waals surface area contributed by atoms with Gasteiger partial charge in [0.2, 0.25) is 0 Å². The molecule has 0 aromatic heterocycles. The van der Waals surface area contributed by atoms with Gasteiger partial charge < -0.3 is 24.4 Å². The van der Waals surface area contributed by atoms with Gasteiger partial charge in [-0.1, -0.05) is 13.0 Å². The predicted octanol–water partition coefficient (Wildman–Crippen LogP) is 2.50. The summed E-state index contributed by atoms with van der Waals surface area (Å²) in [6, 6.07) is 4.62. The lowest BCUT2D eigenvalue weighted by atomic mass is 9.89. The first kappa shape index (κ1) is 18.0. The number of carbonyl (C=O) groups excluding carboxylic acids is 2. The summed E-state index contributed by atoms with van der Waals surface area (Å²) in [5, 5.41) is 20.7. The Hall–Kier alpha value is -2.80. The minimum Gasteiger partial charge on any atom is -0.508 e. The lowest BCUT2D eigenvalue weighted by Gasteiger charge is -2.37. The second kappa shape index (κ2) is 7.21. The molecule has 3 rings (SSSR count). The van der Waals surface area contributed by atoms with E-state index in [9.17, 15) is 19.8 Å². The summed E-state index contributed by atoms with van der Waals surface area (Å²) in [6.45, 7) is 1.65. The summed E-state index contributed by atoms with van der Waals surface area (Å²) in [5.41, 5.74) is 0.914. The maximum atomic E-state index is 11.8. The molecule has 0 amide bonds. The Bertz CT molecular complexity index is 793. The van der Waals surface area contributed by atoms with Crippen LogP contribution in [0.25, 0.3) is 0 Å². The first-order chi connectivity index (χ1) is 12.4. The molecule has 1 aromatic carbocycles. The Morgan fingerprint density at radius 3 is 2.73 bits per heavy atom. The monoisotopic (exact) mass is 360 g/mol. The van der Waals surface area contributed by atoms with Gasteiger partial charge in [-0.05, 0) is 29.8 Å². The summed E-state index contributed by atoms with van der Waals surface area (Å²) >= 11 is 0.